The molecule has 1 heterocycles. The summed E-state index contributed by atoms with van der Waals surface area (Å²) >= 11 is 0. The fourth-order valence-corrected chi connectivity index (χ4v) is 2.33. The highest BCUT2D eigenvalue weighted by molar-refractivity contribution is 5.02. The minimum atomic E-state index is 0.501. The highest BCUT2D eigenvalue weighted by Gasteiger charge is 2.12. The van der Waals surface area contributed by atoms with E-state index in [0.29, 0.717) is 12.1 Å². The van der Waals surface area contributed by atoms with Crippen molar-refractivity contribution < 1.29 is 0 Å². The topological polar surface area (TPSA) is 29.9 Å². The molecule has 20 heavy (non-hydrogen) atoms. The maximum atomic E-state index is 4.73. The standard InChI is InChI=1S/C17H33N3/c1-6-11-18-16(9-8-14(3)4)13-17-10-12-20(19-17)15(5)7-2/h10,12,14-16,18H,6-9,11,13H2,1-5H3. The molecule has 0 bridgehead atoms. The van der Waals surface area contributed by atoms with Crippen molar-refractivity contribution in [3.05, 3.63) is 18.0 Å². The predicted molar refractivity (Wildman–Crippen MR) is 87.1 cm³/mol. The summed E-state index contributed by atoms with van der Waals surface area (Å²) in [7, 11) is 0. The largest absolute Gasteiger partial charge is 0.314 e. The van der Waals surface area contributed by atoms with Crippen LogP contribution in [0.15, 0.2) is 12.3 Å². The van der Waals surface area contributed by atoms with E-state index in [9.17, 15) is 0 Å². The first-order chi connectivity index (χ1) is 9.56. The van der Waals surface area contributed by atoms with Crippen molar-refractivity contribution in [2.24, 2.45) is 5.92 Å². The van der Waals surface area contributed by atoms with Crippen LogP contribution in [0.1, 0.15) is 72.0 Å². The minimum Gasteiger partial charge on any atom is -0.314 e. The average Bonchev–Trinajstić information content (AvgIpc) is 2.89. The van der Waals surface area contributed by atoms with Crippen molar-refractivity contribution in [2.45, 2.75) is 78.8 Å². The van der Waals surface area contributed by atoms with Crippen molar-refractivity contribution in [3.8, 4) is 0 Å². The van der Waals surface area contributed by atoms with Crippen LogP contribution < -0.4 is 5.32 Å². The Bertz CT molecular complexity index is 357. The number of rotatable bonds is 10. The number of hydrogen-bond acceptors (Lipinski definition) is 2. The van der Waals surface area contributed by atoms with Crippen molar-refractivity contribution in [2.75, 3.05) is 6.54 Å². The summed E-state index contributed by atoms with van der Waals surface area (Å²) in [5, 5.41) is 8.41. The first-order valence-electron chi connectivity index (χ1n) is 8.34. The monoisotopic (exact) mass is 279 g/mol. The van der Waals surface area contributed by atoms with E-state index in [1.54, 1.807) is 0 Å². The van der Waals surface area contributed by atoms with Crippen LogP contribution in [0.5, 0.6) is 0 Å². The lowest BCUT2D eigenvalue weighted by atomic mass is 10.00. The van der Waals surface area contributed by atoms with E-state index in [1.165, 1.54) is 25.0 Å². The molecule has 0 aliphatic rings. The second-order valence-electron chi connectivity index (χ2n) is 6.37. The first-order valence-corrected chi connectivity index (χ1v) is 8.34. The van der Waals surface area contributed by atoms with Gasteiger partial charge in [-0.1, -0.05) is 27.7 Å². The molecular formula is C17H33N3. The van der Waals surface area contributed by atoms with Crippen LogP contribution in [0.25, 0.3) is 0 Å². The first kappa shape index (κ1) is 17.2. The summed E-state index contributed by atoms with van der Waals surface area (Å²) in [6.07, 6.45) is 8.03. The van der Waals surface area contributed by atoms with Gasteiger partial charge in [-0.3, -0.25) is 4.68 Å². The summed E-state index contributed by atoms with van der Waals surface area (Å²) in [6, 6.07) is 3.25. The van der Waals surface area contributed by atoms with Crippen molar-refractivity contribution in [1.29, 1.82) is 0 Å². The number of nitrogens with zero attached hydrogens (tertiary/aromatic N) is 2. The molecule has 0 aliphatic carbocycles. The zero-order chi connectivity index (χ0) is 15.0. The quantitative estimate of drug-likeness (QED) is 0.695. The van der Waals surface area contributed by atoms with Crippen LogP contribution in [0.2, 0.25) is 0 Å². The van der Waals surface area contributed by atoms with Gasteiger partial charge in [0, 0.05) is 24.7 Å². The molecular weight excluding hydrogens is 246 g/mol. The van der Waals surface area contributed by atoms with Crippen LogP contribution in [-0.4, -0.2) is 22.4 Å². The maximum Gasteiger partial charge on any atom is 0.0640 e. The zero-order valence-corrected chi connectivity index (χ0v) is 14.0. The Hall–Kier alpha value is -0.830. The molecule has 0 aliphatic heterocycles. The van der Waals surface area contributed by atoms with Crippen LogP contribution >= 0.6 is 0 Å². The summed E-state index contributed by atoms with van der Waals surface area (Å²) in [6.45, 7) is 12.4. The summed E-state index contributed by atoms with van der Waals surface area (Å²) in [5.41, 5.74) is 1.22. The van der Waals surface area contributed by atoms with Gasteiger partial charge >= 0.3 is 0 Å². The maximum absolute atomic E-state index is 4.73. The molecule has 1 N–H and O–H groups in total. The van der Waals surface area contributed by atoms with Gasteiger partial charge in [0.2, 0.25) is 0 Å². The van der Waals surface area contributed by atoms with Gasteiger partial charge in [-0.25, -0.2) is 0 Å². The molecule has 3 heteroatoms. The van der Waals surface area contributed by atoms with Crippen LogP contribution in [0, 0.1) is 5.92 Å². The van der Waals surface area contributed by atoms with Gasteiger partial charge in [0.1, 0.15) is 0 Å². The molecule has 0 saturated heterocycles. The fraction of sp³-hybridized carbons (Fsp3) is 0.824. The third kappa shape index (κ3) is 6.08. The fourth-order valence-electron chi connectivity index (χ4n) is 2.33. The molecule has 3 nitrogen and oxygen atoms in total. The second-order valence-corrected chi connectivity index (χ2v) is 6.37. The van der Waals surface area contributed by atoms with Gasteiger partial charge in [0.05, 0.1) is 5.69 Å². The average molecular weight is 279 g/mol. The molecule has 1 rings (SSSR count). The lowest BCUT2D eigenvalue weighted by molar-refractivity contribution is 0.419. The van der Waals surface area contributed by atoms with Crippen molar-refractivity contribution in [1.82, 2.24) is 15.1 Å². The zero-order valence-electron chi connectivity index (χ0n) is 14.0. The minimum absolute atomic E-state index is 0.501. The number of hydrogen-bond donors (Lipinski definition) is 1. The Morgan fingerprint density at radius 1 is 1.20 bits per heavy atom. The van der Waals surface area contributed by atoms with E-state index in [2.05, 4.69) is 56.9 Å². The van der Waals surface area contributed by atoms with E-state index in [-0.39, 0.29) is 0 Å². The molecule has 0 aromatic carbocycles. The molecule has 0 saturated carbocycles. The second kappa shape index (κ2) is 9.17. The van der Waals surface area contributed by atoms with Crippen molar-refractivity contribution >= 4 is 0 Å². The van der Waals surface area contributed by atoms with Gasteiger partial charge in [0.15, 0.2) is 0 Å². The lowest BCUT2D eigenvalue weighted by Crippen LogP contribution is -2.32. The van der Waals surface area contributed by atoms with E-state index >= 15 is 0 Å². The lowest BCUT2D eigenvalue weighted by Gasteiger charge is -2.18. The van der Waals surface area contributed by atoms with E-state index in [0.717, 1.165) is 25.3 Å². The van der Waals surface area contributed by atoms with Crippen LogP contribution in [0.3, 0.4) is 0 Å². The van der Waals surface area contributed by atoms with Gasteiger partial charge in [0.25, 0.3) is 0 Å². The van der Waals surface area contributed by atoms with Crippen molar-refractivity contribution in [3.63, 3.8) is 0 Å². The van der Waals surface area contributed by atoms with Gasteiger partial charge in [-0.2, -0.15) is 5.10 Å². The third-order valence-electron chi connectivity index (χ3n) is 3.94. The SMILES string of the molecule is CCCNC(CCC(C)C)Cc1ccn(C(C)CC)n1. The van der Waals surface area contributed by atoms with E-state index < -0.39 is 0 Å². The summed E-state index contributed by atoms with van der Waals surface area (Å²) in [4.78, 5) is 0. The highest BCUT2D eigenvalue weighted by Crippen LogP contribution is 2.13. The Balaban J connectivity index is 2.56. The van der Waals surface area contributed by atoms with E-state index in [4.69, 9.17) is 5.10 Å². The summed E-state index contributed by atoms with van der Waals surface area (Å²) < 4.78 is 2.11. The van der Waals surface area contributed by atoms with Gasteiger partial charge in [-0.15, -0.1) is 0 Å². The van der Waals surface area contributed by atoms with Gasteiger partial charge < -0.3 is 5.32 Å². The highest BCUT2D eigenvalue weighted by atomic mass is 15.3. The third-order valence-corrected chi connectivity index (χ3v) is 3.94. The molecule has 0 fully saturated rings. The number of nitrogens with one attached hydrogen (secondary N) is 1. The smallest absolute Gasteiger partial charge is 0.0640 e. The Kier molecular flexibility index (Phi) is 7.90. The van der Waals surface area contributed by atoms with Gasteiger partial charge in [-0.05, 0) is 51.1 Å². The Morgan fingerprint density at radius 3 is 2.55 bits per heavy atom. The molecule has 116 valence electrons. The molecule has 2 atom stereocenters. The van der Waals surface area contributed by atoms with Crippen LogP contribution in [-0.2, 0) is 6.42 Å². The number of aromatic nitrogens is 2. The normalized spacial score (nSPS) is 14.7. The Labute approximate surface area is 125 Å². The predicted octanol–water partition coefficient (Wildman–Crippen LogP) is 4.20. The molecule has 1 aromatic heterocycles. The molecule has 1 aromatic rings. The molecule has 0 radical (unpaired) electrons. The van der Waals surface area contributed by atoms with E-state index in [1.807, 2.05) is 0 Å². The molecule has 0 spiro atoms. The Morgan fingerprint density at radius 2 is 1.95 bits per heavy atom. The molecule has 0 amide bonds. The summed E-state index contributed by atoms with van der Waals surface area (Å²) in [5.74, 6) is 0.776. The van der Waals surface area contributed by atoms with Crippen LogP contribution in [0.4, 0.5) is 0 Å². The molecule has 2 unspecified atom stereocenters.